The fourth-order valence-corrected chi connectivity index (χ4v) is 4.84. The van der Waals surface area contributed by atoms with Gasteiger partial charge in [-0.1, -0.05) is 6.42 Å². The summed E-state index contributed by atoms with van der Waals surface area (Å²) in [6, 6.07) is 5.80. The molecule has 1 N–H and O–H groups in total. The van der Waals surface area contributed by atoms with Crippen LogP contribution < -0.4 is 5.32 Å². The average molecular weight is 425 g/mol. The normalized spacial score (nSPS) is 17.7. The lowest BCUT2D eigenvalue weighted by Gasteiger charge is -2.33. The van der Waals surface area contributed by atoms with Gasteiger partial charge in [0.1, 0.15) is 17.7 Å². The number of carbonyl (C=O) groups excluding carboxylic acids is 1. The van der Waals surface area contributed by atoms with E-state index in [0.717, 1.165) is 40.7 Å². The van der Waals surface area contributed by atoms with E-state index in [4.69, 9.17) is 0 Å². The highest BCUT2D eigenvalue weighted by Crippen LogP contribution is 2.27. The Bertz CT molecular complexity index is 1020. The number of sulfonamides is 1. The molecule has 2 aromatic carbocycles. The predicted molar refractivity (Wildman–Crippen MR) is 99.6 cm³/mol. The van der Waals surface area contributed by atoms with E-state index in [9.17, 15) is 32.1 Å². The van der Waals surface area contributed by atoms with Gasteiger partial charge in [0.25, 0.3) is 5.69 Å². The van der Waals surface area contributed by atoms with Gasteiger partial charge < -0.3 is 5.32 Å². The first-order valence-corrected chi connectivity index (χ1v) is 10.2. The molecule has 0 radical (unpaired) electrons. The molecule has 3 rings (SSSR count). The summed E-state index contributed by atoms with van der Waals surface area (Å²) in [6.45, 7) is 0.0783. The summed E-state index contributed by atoms with van der Waals surface area (Å²) in [5.41, 5.74) is -0.379. The smallest absolute Gasteiger partial charge is 0.269 e. The van der Waals surface area contributed by atoms with Crippen LogP contribution in [0.5, 0.6) is 0 Å². The second-order valence-electron chi connectivity index (χ2n) is 6.53. The molecule has 1 saturated heterocycles. The summed E-state index contributed by atoms with van der Waals surface area (Å²) in [5, 5.41) is 13.1. The Labute approximate surface area is 165 Å². The van der Waals surface area contributed by atoms with Crippen LogP contribution in [0.25, 0.3) is 0 Å². The minimum Gasteiger partial charge on any atom is -0.324 e. The highest BCUT2D eigenvalue weighted by molar-refractivity contribution is 7.89. The number of nitro groups is 1. The largest absolute Gasteiger partial charge is 0.324 e. The number of nitro benzene ring substituents is 1. The average Bonchev–Trinajstić information content (AvgIpc) is 2.67. The molecule has 2 aromatic rings. The fourth-order valence-electron chi connectivity index (χ4n) is 3.18. The number of piperidine rings is 1. The predicted octanol–water partition coefficient (Wildman–Crippen LogP) is 3.05. The molecule has 8 nitrogen and oxygen atoms in total. The van der Waals surface area contributed by atoms with Crippen molar-refractivity contribution in [3.8, 4) is 0 Å². The van der Waals surface area contributed by atoms with Crippen LogP contribution in [0.2, 0.25) is 0 Å². The highest BCUT2D eigenvalue weighted by Gasteiger charge is 2.37. The maximum atomic E-state index is 13.4. The molecular weight excluding hydrogens is 408 g/mol. The maximum absolute atomic E-state index is 13.4. The third-order valence-corrected chi connectivity index (χ3v) is 6.46. The third-order valence-electron chi connectivity index (χ3n) is 4.54. The van der Waals surface area contributed by atoms with E-state index in [2.05, 4.69) is 5.32 Å². The van der Waals surface area contributed by atoms with Crippen LogP contribution in [0.15, 0.2) is 47.4 Å². The monoisotopic (exact) mass is 425 g/mol. The summed E-state index contributed by atoms with van der Waals surface area (Å²) in [4.78, 5) is 22.6. The van der Waals surface area contributed by atoms with Crippen molar-refractivity contribution in [3.05, 3.63) is 64.2 Å². The van der Waals surface area contributed by atoms with Gasteiger partial charge in [-0.15, -0.1) is 0 Å². The van der Waals surface area contributed by atoms with Crippen molar-refractivity contribution in [1.29, 1.82) is 0 Å². The second-order valence-corrected chi connectivity index (χ2v) is 8.42. The third kappa shape index (κ3) is 4.57. The van der Waals surface area contributed by atoms with E-state index in [-0.39, 0.29) is 29.2 Å². The van der Waals surface area contributed by atoms with Crippen molar-refractivity contribution < 1.29 is 26.9 Å². The van der Waals surface area contributed by atoms with Crippen LogP contribution in [0.4, 0.5) is 20.2 Å². The molecule has 1 amide bonds. The Morgan fingerprint density at radius 2 is 1.72 bits per heavy atom. The van der Waals surface area contributed by atoms with E-state index in [1.807, 2.05) is 0 Å². The first kappa shape index (κ1) is 20.8. The molecule has 1 unspecified atom stereocenters. The zero-order valence-corrected chi connectivity index (χ0v) is 15.9. The molecule has 0 spiro atoms. The van der Waals surface area contributed by atoms with Crippen LogP contribution in [0.3, 0.4) is 0 Å². The van der Waals surface area contributed by atoms with Crippen molar-refractivity contribution in [1.82, 2.24) is 4.31 Å². The first-order chi connectivity index (χ1) is 13.7. The molecule has 0 bridgehead atoms. The number of amides is 1. The number of hydrogen-bond donors (Lipinski definition) is 1. The zero-order chi connectivity index (χ0) is 21.2. The van der Waals surface area contributed by atoms with Crippen LogP contribution in [-0.4, -0.2) is 36.1 Å². The van der Waals surface area contributed by atoms with Crippen molar-refractivity contribution >= 4 is 27.3 Å². The highest BCUT2D eigenvalue weighted by atomic mass is 32.2. The number of carbonyl (C=O) groups is 1. The van der Waals surface area contributed by atoms with Crippen molar-refractivity contribution in [2.45, 2.75) is 30.2 Å². The van der Waals surface area contributed by atoms with E-state index in [1.165, 1.54) is 0 Å². The molecule has 11 heteroatoms. The summed E-state index contributed by atoms with van der Waals surface area (Å²) in [5.74, 6) is -2.46. The van der Waals surface area contributed by atoms with Gasteiger partial charge in [0, 0.05) is 30.4 Å². The van der Waals surface area contributed by atoms with Crippen molar-refractivity contribution in [2.24, 2.45) is 0 Å². The fraction of sp³-hybridized carbons (Fsp3) is 0.278. The molecule has 1 heterocycles. The van der Waals surface area contributed by atoms with Gasteiger partial charge in [0.05, 0.1) is 9.82 Å². The van der Waals surface area contributed by atoms with Crippen LogP contribution in [-0.2, 0) is 14.8 Å². The lowest BCUT2D eigenvalue weighted by atomic mass is 10.0. The van der Waals surface area contributed by atoms with Gasteiger partial charge in [-0.3, -0.25) is 14.9 Å². The van der Waals surface area contributed by atoms with E-state index in [1.54, 1.807) is 0 Å². The first-order valence-electron chi connectivity index (χ1n) is 8.72. The lowest BCUT2D eigenvalue weighted by molar-refractivity contribution is -0.384. The van der Waals surface area contributed by atoms with Gasteiger partial charge in [-0.2, -0.15) is 4.31 Å². The van der Waals surface area contributed by atoms with E-state index in [0.29, 0.717) is 18.9 Å². The van der Waals surface area contributed by atoms with Gasteiger partial charge >= 0.3 is 0 Å². The SMILES string of the molecule is O=C(Nc1cc(F)cc(F)c1)C1CCCCN1S(=O)(=O)c1ccc([N+](=O)[O-])cc1. The molecule has 29 heavy (non-hydrogen) atoms. The summed E-state index contributed by atoms with van der Waals surface area (Å²) >= 11 is 0. The molecule has 1 atom stereocenters. The van der Waals surface area contributed by atoms with E-state index < -0.39 is 38.5 Å². The number of rotatable bonds is 5. The Morgan fingerprint density at radius 3 is 2.31 bits per heavy atom. The number of hydrogen-bond acceptors (Lipinski definition) is 5. The molecule has 0 aromatic heterocycles. The minimum absolute atomic E-state index is 0.0783. The molecule has 1 fully saturated rings. The molecule has 1 aliphatic rings. The summed E-state index contributed by atoms with van der Waals surface area (Å²) in [7, 11) is -4.11. The Morgan fingerprint density at radius 1 is 1.10 bits per heavy atom. The summed E-state index contributed by atoms with van der Waals surface area (Å²) in [6.07, 6.45) is 1.36. The minimum atomic E-state index is -4.11. The number of anilines is 1. The lowest BCUT2D eigenvalue weighted by Crippen LogP contribution is -2.49. The molecular formula is C18H17F2N3O5S. The van der Waals surface area contributed by atoms with Crippen molar-refractivity contribution in [3.63, 3.8) is 0 Å². The van der Waals surface area contributed by atoms with Gasteiger partial charge in [-0.05, 0) is 37.1 Å². The van der Waals surface area contributed by atoms with Gasteiger partial charge in [0.2, 0.25) is 15.9 Å². The number of nitrogens with zero attached hydrogens (tertiary/aromatic N) is 2. The zero-order valence-electron chi connectivity index (χ0n) is 15.0. The molecule has 0 aliphatic carbocycles. The van der Waals surface area contributed by atoms with Crippen LogP contribution in [0, 0.1) is 21.7 Å². The second kappa shape index (κ2) is 8.21. The van der Waals surface area contributed by atoms with Crippen LogP contribution >= 0.6 is 0 Å². The topological polar surface area (TPSA) is 110 Å². The molecule has 154 valence electrons. The quantitative estimate of drug-likeness (QED) is 0.585. The maximum Gasteiger partial charge on any atom is 0.269 e. The molecule has 0 saturated carbocycles. The van der Waals surface area contributed by atoms with E-state index >= 15 is 0 Å². The van der Waals surface area contributed by atoms with Gasteiger partial charge in [-0.25, -0.2) is 17.2 Å². The van der Waals surface area contributed by atoms with Crippen molar-refractivity contribution in [2.75, 3.05) is 11.9 Å². The number of benzene rings is 2. The Kier molecular flexibility index (Phi) is 5.89. The summed E-state index contributed by atoms with van der Waals surface area (Å²) < 4.78 is 53.7. The van der Waals surface area contributed by atoms with Crippen LogP contribution in [0.1, 0.15) is 19.3 Å². The standard InChI is InChI=1S/C18H17F2N3O5S/c19-12-9-13(20)11-14(10-12)21-18(24)17-3-1-2-8-22(17)29(27,28)16-6-4-15(5-7-16)23(25)26/h4-7,9-11,17H,1-3,8H2,(H,21,24). The molecule has 1 aliphatic heterocycles. The van der Waals surface area contributed by atoms with Gasteiger partial charge in [0.15, 0.2) is 0 Å². The number of non-ortho nitro benzene ring substituents is 1. The Hall–Kier alpha value is -2.92. The number of nitrogens with one attached hydrogen (secondary N) is 1. The Balaban J connectivity index is 1.86. The number of halogens is 2.